The highest BCUT2D eigenvalue weighted by molar-refractivity contribution is 5.83. The van der Waals surface area contributed by atoms with E-state index in [4.69, 9.17) is 4.42 Å². The number of anilines is 1. The summed E-state index contributed by atoms with van der Waals surface area (Å²) < 4.78 is 5.50. The van der Waals surface area contributed by atoms with E-state index in [1.54, 1.807) is 0 Å². The predicted octanol–water partition coefficient (Wildman–Crippen LogP) is 1.13. The van der Waals surface area contributed by atoms with Crippen molar-refractivity contribution in [2.24, 2.45) is 0 Å². The summed E-state index contributed by atoms with van der Waals surface area (Å²) in [5.41, 5.74) is 0. The van der Waals surface area contributed by atoms with E-state index in [1.165, 1.54) is 19.3 Å². The molecular weight excluding hydrogens is 270 g/mol. The summed E-state index contributed by atoms with van der Waals surface area (Å²) in [6.07, 6.45) is 5.85. The van der Waals surface area contributed by atoms with Gasteiger partial charge in [-0.1, -0.05) is 5.10 Å². The molecule has 1 aliphatic carbocycles. The first-order chi connectivity index (χ1) is 10.2. The third kappa shape index (κ3) is 3.93. The summed E-state index contributed by atoms with van der Waals surface area (Å²) in [5, 5.41) is 14.2. The second kappa shape index (κ2) is 6.43. The van der Waals surface area contributed by atoms with Gasteiger partial charge in [-0.15, -0.1) is 5.10 Å². The number of hydrogen-bond acceptors (Lipinski definition) is 6. The molecule has 116 valence electrons. The van der Waals surface area contributed by atoms with Crippen molar-refractivity contribution < 1.29 is 9.21 Å². The zero-order chi connectivity index (χ0) is 14.7. The monoisotopic (exact) mass is 293 g/mol. The minimum atomic E-state index is -0.340. The number of rotatable bonds is 6. The number of nitrogens with one attached hydrogen (secondary N) is 2. The fraction of sp³-hybridized carbons (Fsp3) is 0.786. The molecule has 0 bridgehead atoms. The van der Waals surface area contributed by atoms with Crippen molar-refractivity contribution in [2.75, 3.05) is 18.4 Å². The van der Waals surface area contributed by atoms with Crippen molar-refractivity contribution >= 4 is 11.9 Å². The van der Waals surface area contributed by atoms with Crippen LogP contribution in [0.15, 0.2) is 4.42 Å². The molecule has 7 heteroatoms. The van der Waals surface area contributed by atoms with Gasteiger partial charge in [-0.05, 0) is 39.0 Å². The lowest BCUT2D eigenvalue weighted by molar-refractivity contribution is -0.132. The Labute approximate surface area is 124 Å². The second-order valence-corrected chi connectivity index (χ2v) is 5.91. The number of aromatic nitrogens is 2. The quantitative estimate of drug-likeness (QED) is 0.818. The van der Waals surface area contributed by atoms with E-state index in [0.29, 0.717) is 24.5 Å². The number of hydrogen-bond donors (Lipinski definition) is 2. The van der Waals surface area contributed by atoms with Crippen LogP contribution in [0.5, 0.6) is 0 Å². The summed E-state index contributed by atoms with van der Waals surface area (Å²) >= 11 is 0. The van der Waals surface area contributed by atoms with E-state index in [-0.39, 0.29) is 11.9 Å². The van der Waals surface area contributed by atoms with Crippen LogP contribution in [-0.2, 0) is 11.3 Å². The molecule has 1 atom stereocenters. The predicted molar refractivity (Wildman–Crippen MR) is 77.7 cm³/mol. The number of piperidine rings is 1. The van der Waals surface area contributed by atoms with Crippen LogP contribution >= 0.6 is 0 Å². The van der Waals surface area contributed by atoms with Gasteiger partial charge in [0.15, 0.2) is 0 Å². The first-order valence-corrected chi connectivity index (χ1v) is 7.83. The van der Waals surface area contributed by atoms with Gasteiger partial charge in [0.2, 0.25) is 11.8 Å². The molecule has 2 N–H and O–H groups in total. The maximum Gasteiger partial charge on any atom is 0.316 e. The number of amides is 1. The molecule has 1 aromatic heterocycles. The number of likely N-dealkylation sites (tertiary alicyclic amines) is 1. The van der Waals surface area contributed by atoms with Crippen LogP contribution in [0, 0.1) is 0 Å². The summed E-state index contributed by atoms with van der Waals surface area (Å²) in [5.74, 6) is 0.660. The average molecular weight is 293 g/mol. The normalized spacial score (nSPS) is 20.3. The third-order valence-corrected chi connectivity index (χ3v) is 3.96. The van der Waals surface area contributed by atoms with E-state index in [0.717, 1.165) is 25.9 Å². The van der Waals surface area contributed by atoms with E-state index >= 15 is 0 Å². The van der Waals surface area contributed by atoms with Crippen LogP contribution in [0.2, 0.25) is 0 Å². The standard InChI is InChI=1S/C14H23N5O2/c1-10(13(20)19-7-3-2-4-8-19)16-14-18-17-12(21-14)9-15-11-5-6-11/h10-11,15H,2-9H2,1H3,(H,16,18). The number of carbonyl (C=O) groups is 1. The molecule has 2 fully saturated rings. The van der Waals surface area contributed by atoms with Gasteiger partial charge in [-0.2, -0.15) is 0 Å². The lowest BCUT2D eigenvalue weighted by Gasteiger charge is -2.29. The molecule has 1 saturated carbocycles. The van der Waals surface area contributed by atoms with Gasteiger partial charge in [0.25, 0.3) is 0 Å². The molecule has 1 amide bonds. The molecule has 1 saturated heterocycles. The van der Waals surface area contributed by atoms with Crippen LogP contribution in [-0.4, -0.2) is 46.2 Å². The van der Waals surface area contributed by atoms with Gasteiger partial charge >= 0.3 is 6.01 Å². The maximum absolute atomic E-state index is 12.3. The molecular formula is C14H23N5O2. The number of carbonyl (C=O) groups excluding carboxylic acids is 1. The Morgan fingerprint density at radius 1 is 1.33 bits per heavy atom. The maximum atomic E-state index is 12.3. The molecule has 1 aliphatic heterocycles. The first kappa shape index (κ1) is 14.3. The van der Waals surface area contributed by atoms with Crippen LogP contribution in [0.1, 0.15) is 44.9 Å². The van der Waals surface area contributed by atoms with Gasteiger partial charge in [-0.25, -0.2) is 0 Å². The Bertz CT molecular complexity index is 479. The summed E-state index contributed by atoms with van der Waals surface area (Å²) in [6.45, 7) is 4.13. The Balaban J connectivity index is 1.48. The SMILES string of the molecule is CC(Nc1nnc(CNC2CC2)o1)C(=O)N1CCCCC1. The first-order valence-electron chi connectivity index (χ1n) is 7.83. The number of nitrogens with zero attached hydrogens (tertiary/aromatic N) is 3. The molecule has 0 radical (unpaired) electrons. The van der Waals surface area contributed by atoms with Crippen LogP contribution < -0.4 is 10.6 Å². The lowest BCUT2D eigenvalue weighted by atomic mass is 10.1. The van der Waals surface area contributed by atoms with Crippen molar-refractivity contribution in [3.05, 3.63) is 5.89 Å². The molecule has 0 aromatic carbocycles. The van der Waals surface area contributed by atoms with Crippen molar-refractivity contribution in [3.8, 4) is 0 Å². The van der Waals surface area contributed by atoms with Crippen LogP contribution in [0.3, 0.4) is 0 Å². The molecule has 0 spiro atoms. The van der Waals surface area contributed by atoms with Crippen molar-refractivity contribution in [1.82, 2.24) is 20.4 Å². The van der Waals surface area contributed by atoms with Gasteiger partial charge in [0.05, 0.1) is 6.54 Å². The molecule has 21 heavy (non-hydrogen) atoms. The molecule has 7 nitrogen and oxygen atoms in total. The molecule has 3 rings (SSSR count). The molecule has 1 aromatic rings. The third-order valence-electron chi connectivity index (χ3n) is 3.96. The van der Waals surface area contributed by atoms with E-state index < -0.39 is 0 Å². The fourth-order valence-electron chi connectivity index (χ4n) is 2.54. The Kier molecular flexibility index (Phi) is 4.38. The van der Waals surface area contributed by atoms with E-state index in [2.05, 4.69) is 20.8 Å². The highest BCUT2D eigenvalue weighted by Crippen LogP contribution is 2.19. The van der Waals surface area contributed by atoms with Crippen LogP contribution in [0.4, 0.5) is 6.01 Å². The summed E-state index contributed by atoms with van der Waals surface area (Å²) in [7, 11) is 0. The van der Waals surface area contributed by atoms with Gasteiger partial charge in [0, 0.05) is 19.1 Å². The van der Waals surface area contributed by atoms with Crippen LogP contribution in [0.25, 0.3) is 0 Å². The Morgan fingerprint density at radius 3 is 2.81 bits per heavy atom. The second-order valence-electron chi connectivity index (χ2n) is 5.91. The average Bonchev–Trinajstić information content (AvgIpc) is 3.25. The Hall–Kier alpha value is -1.63. The zero-order valence-corrected chi connectivity index (χ0v) is 12.5. The highest BCUT2D eigenvalue weighted by Gasteiger charge is 2.24. The Morgan fingerprint density at radius 2 is 2.10 bits per heavy atom. The summed E-state index contributed by atoms with van der Waals surface area (Å²) in [6, 6.07) is 0.584. The zero-order valence-electron chi connectivity index (χ0n) is 12.5. The van der Waals surface area contributed by atoms with E-state index in [1.807, 2.05) is 11.8 Å². The molecule has 2 heterocycles. The van der Waals surface area contributed by atoms with E-state index in [9.17, 15) is 4.79 Å². The minimum Gasteiger partial charge on any atom is -0.407 e. The van der Waals surface area contributed by atoms with Gasteiger partial charge < -0.3 is 20.0 Å². The molecule has 2 aliphatic rings. The van der Waals surface area contributed by atoms with Crippen molar-refractivity contribution in [1.29, 1.82) is 0 Å². The fourth-order valence-corrected chi connectivity index (χ4v) is 2.54. The largest absolute Gasteiger partial charge is 0.407 e. The van der Waals surface area contributed by atoms with Crippen molar-refractivity contribution in [2.45, 2.75) is 57.7 Å². The smallest absolute Gasteiger partial charge is 0.316 e. The highest BCUT2D eigenvalue weighted by atomic mass is 16.4. The van der Waals surface area contributed by atoms with Gasteiger partial charge in [-0.3, -0.25) is 4.79 Å². The lowest BCUT2D eigenvalue weighted by Crippen LogP contribution is -2.43. The van der Waals surface area contributed by atoms with Crippen molar-refractivity contribution in [3.63, 3.8) is 0 Å². The topological polar surface area (TPSA) is 83.3 Å². The molecule has 1 unspecified atom stereocenters. The summed E-state index contributed by atoms with van der Waals surface area (Å²) in [4.78, 5) is 14.2. The van der Waals surface area contributed by atoms with Gasteiger partial charge in [0.1, 0.15) is 6.04 Å². The minimum absolute atomic E-state index is 0.102.